The predicted octanol–water partition coefficient (Wildman–Crippen LogP) is 2.22. The Morgan fingerprint density at radius 1 is 1.17 bits per heavy atom. The van der Waals surface area contributed by atoms with Crippen molar-refractivity contribution in [3.05, 3.63) is 64.2 Å². The van der Waals surface area contributed by atoms with Gasteiger partial charge in [0.1, 0.15) is 5.56 Å². The molecule has 6 nitrogen and oxygen atoms in total. The van der Waals surface area contributed by atoms with Crippen LogP contribution in [0.1, 0.15) is 29.9 Å². The van der Waals surface area contributed by atoms with E-state index in [1.165, 1.54) is 4.52 Å². The molecule has 2 heterocycles. The van der Waals surface area contributed by atoms with E-state index in [0.717, 1.165) is 5.69 Å². The van der Waals surface area contributed by atoms with Crippen LogP contribution in [0.3, 0.4) is 0 Å². The first kappa shape index (κ1) is 15.0. The maximum absolute atomic E-state index is 12.9. The van der Waals surface area contributed by atoms with E-state index in [-0.39, 0.29) is 12.2 Å². The Balaban J connectivity index is 2.30. The van der Waals surface area contributed by atoms with Crippen molar-refractivity contribution in [3.63, 3.8) is 0 Å². The van der Waals surface area contributed by atoms with Gasteiger partial charge in [0.2, 0.25) is 0 Å². The molecule has 0 amide bonds. The standard InChI is InChI=1S/C17H17N3O3/c1-3-13-15(17(22)23-4-2)16(21)20-14(18-13)10-11-19(20)12-8-6-5-7-9-12/h5-11H,3-4H2,1-2H3. The zero-order chi connectivity index (χ0) is 16.4. The predicted molar refractivity (Wildman–Crippen MR) is 86.1 cm³/mol. The minimum Gasteiger partial charge on any atom is -0.462 e. The van der Waals surface area contributed by atoms with Gasteiger partial charge in [0.05, 0.1) is 18.0 Å². The fourth-order valence-electron chi connectivity index (χ4n) is 2.54. The third-order valence-corrected chi connectivity index (χ3v) is 3.58. The van der Waals surface area contributed by atoms with Crippen LogP contribution < -0.4 is 5.56 Å². The normalized spacial score (nSPS) is 10.9. The van der Waals surface area contributed by atoms with E-state index >= 15 is 0 Å². The molecule has 0 unspecified atom stereocenters. The van der Waals surface area contributed by atoms with Crippen LogP contribution >= 0.6 is 0 Å². The molecular formula is C17H17N3O3. The van der Waals surface area contributed by atoms with Crippen molar-refractivity contribution >= 4 is 11.6 Å². The van der Waals surface area contributed by atoms with Crippen molar-refractivity contribution in [1.82, 2.24) is 14.2 Å². The average Bonchev–Trinajstić information content (AvgIpc) is 2.99. The van der Waals surface area contributed by atoms with Gasteiger partial charge in [-0.05, 0) is 25.5 Å². The first-order chi connectivity index (χ1) is 11.2. The molecule has 2 aromatic heterocycles. The van der Waals surface area contributed by atoms with E-state index in [1.807, 2.05) is 37.3 Å². The number of hydrogen-bond donors (Lipinski definition) is 0. The maximum atomic E-state index is 12.9. The molecular weight excluding hydrogens is 294 g/mol. The Morgan fingerprint density at radius 3 is 2.57 bits per heavy atom. The Labute approximate surface area is 132 Å². The van der Waals surface area contributed by atoms with E-state index in [9.17, 15) is 9.59 Å². The fraction of sp³-hybridized carbons (Fsp3) is 0.235. The van der Waals surface area contributed by atoms with Crippen molar-refractivity contribution in [2.75, 3.05) is 6.61 Å². The van der Waals surface area contributed by atoms with E-state index in [1.54, 1.807) is 23.9 Å². The van der Waals surface area contributed by atoms with E-state index in [2.05, 4.69) is 4.98 Å². The summed E-state index contributed by atoms with van der Waals surface area (Å²) in [6, 6.07) is 11.2. The molecule has 118 valence electrons. The molecule has 1 aromatic carbocycles. The fourth-order valence-corrected chi connectivity index (χ4v) is 2.54. The molecule has 0 saturated carbocycles. The van der Waals surface area contributed by atoms with Crippen LogP contribution in [-0.2, 0) is 11.2 Å². The summed E-state index contributed by atoms with van der Waals surface area (Å²) in [5.41, 5.74) is 1.36. The summed E-state index contributed by atoms with van der Waals surface area (Å²) >= 11 is 0. The molecule has 0 aliphatic rings. The summed E-state index contributed by atoms with van der Waals surface area (Å²) in [6.45, 7) is 3.78. The highest BCUT2D eigenvalue weighted by Crippen LogP contribution is 2.12. The van der Waals surface area contributed by atoms with Gasteiger partial charge in [0.25, 0.3) is 5.56 Å². The average molecular weight is 311 g/mol. The Kier molecular flexibility index (Phi) is 3.97. The summed E-state index contributed by atoms with van der Waals surface area (Å²) in [4.78, 5) is 29.5. The molecule has 0 saturated heterocycles. The number of rotatable bonds is 4. The quantitative estimate of drug-likeness (QED) is 0.693. The van der Waals surface area contributed by atoms with Crippen LogP contribution in [0.15, 0.2) is 47.4 Å². The maximum Gasteiger partial charge on any atom is 0.345 e. The van der Waals surface area contributed by atoms with Crippen LogP contribution in [0.5, 0.6) is 0 Å². The lowest BCUT2D eigenvalue weighted by atomic mass is 10.2. The molecule has 3 rings (SSSR count). The number of aryl methyl sites for hydroxylation is 1. The number of esters is 1. The van der Waals surface area contributed by atoms with Crippen molar-refractivity contribution in [3.8, 4) is 5.69 Å². The Hall–Kier alpha value is -2.89. The molecule has 6 heteroatoms. The number of para-hydroxylation sites is 1. The first-order valence-corrected chi connectivity index (χ1v) is 7.53. The number of carbonyl (C=O) groups is 1. The number of nitrogens with zero attached hydrogens (tertiary/aromatic N) is 3. The molecule has 0 N–H and O–H groups in total. The van der Waals surface area contributed by atoms with Crippen LogP contribution in [0.25, 0.3) is 11.3 Å². The van der Waals surface area contributed by atoms with Gasteiger partial charge in [-0.2, -0.15) is 4.52 Å². The van der Waals surface area contributed by atoms with Crippen molar-refractivity contribution in [2.24, 2.45) is 0 Å². The minimum absolute atomic E-state index is 0.00253. The molecule has 0 aliphatic heterocycles. The van der Waals surface area contributed by atoms with Gasteiger partial charge >= 0.3 is 5.97 Å². The highest BCUT2D eigenvalue weighted by atomic mass is 16.5. The summed E-state index contributed by atoms with van der Waals surface area (Å²) in [5, 5.41) is 0. The zero-order valence-corrected chi connectivity index (χ0v) is 13.0. The molecule has 0 radical (unpaired) electrons. The zero-order valence-electron chi connectivity index (χ0n) is 13.0. The number of ether oxygens (including phenoxy) is 1. The van der Waals surface area contributed by atoms with E-state index in [4.69, 9.17) is 4.74 Å². The van der Waals surface area contributed by atoms with Crippen LogP contribution in [0.2, 0.25) is 0 Å². The van der Waals surface area contributed by atoms with Crippen molar-refractivity contribution < 1.29 is 9.53 Å². The lowest BCUT2D eigenvalue weighted by Gasteiger charge is -2.10. The smallest absolute Gasteiger partial charge is 0.345 e. The third kappa shape index (κ3) is 2.52. The van der Waals surface area contributed by atoms with E-state index < -0.39 is 11.5 Å². The van der Waals surface area contributed by atoms with Crippen LogP contribution in [0.4, 0.5) is 0 Å². The highest BCUT2D eigenvalue weighted by Gasteiger charge is 2.21. The minimum atomic E-state index is -0.628. The molecule has 23 heavy (non-hydrogen) atoms. The van der Waals surface area contributed by atoms with Gasteiger partial charge in [-0.15, -0.1) is 0 Å². The second-order valence-electron chi connectivity index (χ2n) is 4.98. The number of benzene rings is 1. The summed E-state index contributed by atoms with van der Waals surface area (Å²) in [7, 11) is 0. The lowest BCUT2D eigenvalue weighted by molar-refractivity contribution is 0.0522. The molecule has 3 aromatic rings. The lowest BCUT2D eigenvalue weighted by Crippen LogP contribution is -2.29. The summed E-state index contributed by atoms with van der Waals surface area (Å²) in [6.07, 6.45) is 2.24. The second-order valence-corrected chi connectivity index (χ2v) is 4.98. The topological polar surface area (TPSA) is 65.6 Å². The Morgan fingerprint density at radius 2 is 1.91 bits per heavy atom. The SMILES string of the molecule is CCOC(=O)c1c(CC)nc2ccn(-c3ccccc3)n2c1=O. The number of carbonyl (C=O) groups excluding carboxylic acids is 1. The monoisotopic (exact) mass is 311 g/mol. The van der Waals surface area contributed by atoms with Gasteiger partial charge in [0.15, 0.2) is 5.65 Å². The van der Waals surface area contributed by atoms with Gasteiger partial charge in [-0.25, -0.2) is 9.78 Å². The largest absolute Gasteiger partial charge is 0.462 e. The van der Waals surface area contributed by atoms with Crippen LogP contribution in [-0.4, -0.2) is 26.8 Å². The highest BCUT2D eigenvalue weighted by molar-refractivity contribution is 5.90. The number of hydrogen-bond acceptors (Lipinski definition) is 4. The van der Waals surface area contributed by atoms with Crippen molar-refractivity contribution in [2.45, 2.75) is 20.3 Å². The van der Waals surface area contributed by atoms with E-state index in [0.29, 0.717) is 17.8 Å². The van der Waals surface area contributed by atoms with Crippen molar-refractivity contribution in [1.29, 1.82) is 0 Å². The van der Waals surface area contributed by atoms with Gasteiger partial charge in [-0.3, -0.25) is 9.48 Å². The summed E-state index contributed by atoms with van der Waals surface area (Å²) < 4.78 is 8.08. The van der Waals surface area contributed by atoms with Gasteiger partial charge in [0, 0.05) is 12.3 Å². The molecule has 0 fully saturated rings. The van der Waals surface area contributed by atoms with Crippen LogP contribution in [0, 0.1) is 0 Å². The first-order valence-electron chi connectivity index (χ1n) is 7.53. The number of aromatic nitrogens is 3. The van der Waals surface area contributed by atoms with Gasteiger partial charge in [-0.1, -0.05) is 25.1 Å². The molecule has 0 spiro atoms. The van der Waals surface area contributed by atoms with Gasteiger partial charge < -0.3 is 4.74 Å². The summed E-state index contributed by atoms with van der Waals surface area (Å²) in [5.74, 6) is -0.628. The Bertz CT molecular complexity index is 910. The molecule has 0 atom stereocenters. The number of fused-ring (bicyclic) bond motifs is 1. The second kappa shape index (κ2) is 6.08. The molecule has 0 aliphatic carbocycles. The molecule has 0 bridgehead atoms. The third-order valence-electron chi connectivity index (χ3n) is 3.58.